The van der Waals surface area contributed by atoms with Gasteiger partial charge in [0.05, 0.1) is 12.9 Å². The van der Waals surface area contributed by atoms with Crippen LogP contribution in [0.1, 0.15) is 28.4 Å². The van der Waals surface area contributed by atoms with E-state index in [0.29, 0.717) is 44.8 Å². The Balaban J connectivity index is 1.48. The van der Waals surface area contributed by atoms with Crippen molar-refractivity contribution in [3.05, 3.63) is 65.2 Å². The summed E-state index contributed by atoms with van der Waals surface area (Å²) in [6.45, 7) is 5.35. The fourth-order valence-corrected chi connectivity index (χ4v) is 4.72. The van der Waals surface area contributed by atoms with Gasteiger partial charge in [-0.25, -0.2) is 8.42 Å². The maximum absolute atomic E-state index is 12.5. The zero-order valence-corrected chi connectivity index (χ0v) is 19.0. The first-order chi connectivity index (χ1) is 14.9. The number of benzene rings is 2. The summed E-state index contributed by atoms with van der Waals surface area (Å²) in [5.41, 5.74) is 2.83. The van der Waals surface area contributed by atoms with Gasteiger partial charge >= 0.3 is 0 Å². The van der Waals surface area contributed by atoms with Gasteiger partial charge in [0.2, 0.25) is 10.0 Å². The van der Waals surface area contributed by atoms with Crippen LogP contribution in [0.5, 0.6) is 5.75 Å². The van der Waals surface area contributed by atoms with E-state index in [1.165, 1.54) is 0 Å². The van der Waals surface area contributed by atoms with Crippen LogP contribution in [0.2, 0.25) is 0 Å². The van der Waals surface area contributed by atoms with Crippen molar-refractivity contribution in [2.75, 3.05) is 45.6 Å². The number of nitrogens with zero attached hydrogens (tertiary/aromatic N) is 2. The molecular formula is C23H31N3O4S. The predicted octanol–water partition coefficient (Wildman–Crippen LogP) is 2.13. The zero-order chi connectivity index (χ0) is 22.3. The number of carbonyl (C=O) groups excluding carboxylic acids is 1. The van der Waals surface area contributed by atoms with Crippen molar-refractivity contribution in [3.63, 3.8) is 0 Å². The first-order valence-corrected chi connectivity index (χ1v) is 12.2. The summed E-state index contributed by atoms with van der Waals surface area (Å²) in [7, 11) is -1.48. The van der Waals surface area contributed by atoms with E-state index in [4.69, 9.17) is 4.74 Å². The molecule has 1 aliphatic heterocycles. The van der Waals surface area contributed by atoms with E-state index in [1.807, 2.05) is 48.5 Å². The quantitative estimate of drug-likeness (QED) is 0.640. The molecule has 0 saturated carbocycles. The first kappa shape index (κ1) is 23.2. The van der Waals surface area contributed by atoms with Gasteiger partial charge in [0, 0.05) is 44.8 Å². The highest BCUT2D eigenvalue weighted by Gasteiger charge is 2.25. The molecule has 0 atom stereocenters. The molecule has 168 valence electrons. The molecule has 1 amide bonds. The molecule has 0 aromatic heterocycles. The zero-order valence-electron chi connectivity index (χ0n) is 18.2. The molecule has 0 unspecified atom stereocenters. The number of ether oxygens (including phenoxy) is 1. The molecule has 3 rings (SSSR count). The van der Waals surface area contributed by atoms with Gasteiger partial charge in [-0.05, 0) is 48.7 Å². The highest BCUT2D eigenvalue weighted by Crippen LogP contribution is 2.14. The Morgan fingerprint density at radius 2 is 1.74 bits per heavy atom. The Labute approximate surface area is 185 Å². The van der Waals surface area contributed by atoms with E-state index in [0.717, 1.165) is 23.3 Å². The number of piperazine rings is 1. The van der Waals surface area contributed by atoms with Crippen molar-refractivity contribution in [1.82, 2.24) is 14.5 Å². The molecule has 1 saturated heterocycles. The van der Waals surface area contributed by atoms with Gasteiger partial charge in [-0.3, -0.25) is 9.69 Å². The third kappa shape index (κ3) is 6.53. The lowest BCUT2D eigenvalue weighted by Crippen LogP contribution is -2.48. The SMILES string of the molecule is CCS(=O)(=O)N1CCN(Cc2cccc(C(=O)NCCc3ccc(OC)cc3)c2)CC1. The summed E-state index contributed by atoms with van der Waals surface area (Å²) < 4.78 is 30.7. The molecule has 7 nitrogen and oxygen atoms in total. The van der Waals surface area contributed by atoms with Crippen LogP contribution in [0.15, 0.2) is 48.5 Å². The third-order valence-electron chi connectivity index (χ3n) is 5.54. The maximum atomic E-state index is 12.5. The molecule has 2 aromatic carbocycles. The molecule has 8 heteroatoms. The van der Waals surface area contributed by atoms with Crippen molar-refractivity contribution in [2.24, 2.45) is 0 Å². The fraction of sp³-hybridized carbons (Fsp3) is 0.435. The Bertz CT molecular complexity index is 969. The number of hydrogen-bond acceptors (Lipinski definition) is 5. The highest BCUT2D eigenvalue weighted by atomic mass is 32.2. The van der Waals surface area contributed by atoms with Crippen molar-refractivity contribution >= 4 is 15.9 Å². The summed E-state index contributed by atoms with van der Waals surface area (Å²) in [6.07, 6.45) is 0.750. The van der Waals surface area contributed by atoms with Crippen molar-refractivity contribution < 1.29 is 17.9 Å². The molecule has 0 bridgehead atoms. The Hall–Kier alpha value is -2.42. The van der Waals surface area contributed by atoms with Crippen molar-refractivity contribution in [2.45, 2.75) is 19.9 Å². The summed E-state index contributed by atoms with van der Waals surface area (Å²) in [5.74, 6) is 0.870. The van der Waals surface area contributed by atoms with Gasteiger partial charge < -0.3 is 10.1 Å². The van der Waals surface area contributed by atoms with Crippen molar-refractivity contribution in [1.29, 1.82) is 0 Å². The van der Waals surface area contributed by atoms with Crippen LogP contribution in [-0.2, 0) is 23.0 Å². The average Bonchev–Trinajstić information content (AvgIpc) is 2.80. The molecule has 1 heterocycles. The minimum Gasteiger partial charge on any atom is -0.497 e. The van der Waals surface area contributed by atoms with E-state index in [9.17, 15) is 13.2 Å². The number of hydrogen-bond donors (Lipinski definition) is 1. The number of nitrogens with one attached hydrogen (secondary N) is 1. The summed E-state index contributed by atoms with van der Waals surface area (Å²) in [4.78, 5) is 14.8. The van der Waals surface area contributed by atoms with Gasteiger partial charge in [-0.1, -0.05) is 24.3 Å². The van der Waals surface area contributed by atoms with Gasteiger partial charge in [0.1, 0.15) is 5.75 Å². The van der Waals surface area contributed by atoms with Gasteiger partial charge in [0.15, 0.2) is 0 Å². The van der Waals surface area contributed by atoms with Crippen LogP contribution in [0.3, 0.4) is 0 Å². The lowest BCUT2D eigenvalue weighted by molar-refractivity contribution is 0.0954. The third-order valence-corrected chi connectivity index (χ3v) is 7.42. The van der Waals surface area contributed by atoms with E-state index in [1.54, 1.807) is 18.3 Å². The standard InChI is InChI=1S/C23H31N3O4S/c1-3-31(28,29)26-15-13-25(14-16-26)18-20-5-4-6-21(17-20)23(27)24-12-11-19-7-9-22(30-2)10-8-19/h4-10,17H,3,11-16,18H2,1-2H3,(H,24,27). The second-order valence-electron chi connectivity index (χ2n) is 7.63. The predicted molar refractivity (Wildman–Crippen MR) is 122 cm³/mol. The first-order valence-electron chi connectivity index (χ1n) is 10.6. The van der Waals surface area contributed by atoms with Gasteiger partial charge in [-0.2, -0.15) is 4.31 Å². The summed E-state index contributed by atoms with van der Waals surface area (Å²) >= 11 is 0. The second-order valence-corrected chi connectivity index (χ2v) is 9.89. The summed E-state index contributed by atoms with van der Waals surface area (Å²) in [5, 5.41) is 2.98. The number of methoxy groups -OCH3 is 1. The Kier molecular flexibility index (Phi) is 8.06. The van der Waals surface area contributed by atoms with Crippen LogP contribution in [0.25, 0.3) is 0 Å². The van der Waals surface area contributed by atoms with E-state index in [2.05, 4.69) is 10.2 Å². The number of rotatable bonds is 9. The summed E-state index contributed by atoms with van der Waals surface area (Å²) in [6, 6.07) is 15.5. The fourth-order valence-electron chi connectivity index (χ4n) is 3.63. The number of carbonyl (C=O) groups is 1. The molecule has 31 heavy (non-hydrogen) atoms. The topological polar surface area (TPSA) is 79.0 Å². The van der Waals surface area contributed by atoms with Gasteiger partial charge in [0.25, 0.3) is 5.91 Å². The lowest BCUT2D eigenvalue weighted by atomic mass is 10.1. The average molecular weight is 446 g/mol. The lowest BCUT2D eigenvalue weighted by Gasteiger charge is -2.33. The molecule has 1 aliphatic rings. The normalized spacial score (nSPS) is 15.5. The maximum Gasteiger partial charge on any atom is 0.251 e. The monoisotopic (exact) mass is 445 g/mol. The van der Waals surface area contributed by atoms with Crippen LogP contribution in [-0.4, -0.2) is 69.1 Å². The number of sulfonamides is 1. The molecule has 2 aromatic rings. The smallest absolute Gasteiger partial charge is 0.251 e. The van der Waals surface area contributed by atoms with E-state index < -0.39 is 10.0 Å². The van der Waals surface area contributed by atoms with Crippen LogP contribution >= 0.6 is 0 Å². The largest absolute Gasteiger partial charge is 0.497 e. The Morgan fingerprint density at radius 3 is 2.39 bits per heavy atom. The molecule has 1 N–H and O–H groups in total. The molecule has 0 radical (unpaired) electrons. The minimum absolute atomic E-state index is 0.0887. The van der Waals surface area contributed by atoms with E-state index >= 15 is 0 Å². The Morgan fingerprint density at radius 1 is 1.03 bits per heavy atom. The highest BCUT2D eigenvalue weighted by molar-refractivity contribution is 7.89. The van der Waals surface area contributed by atoms with Crippen molar-refractivity contribution in [3.8, 4) is 5.75 Å². The number of amides is 1. The van der Waals surface area contributed by atoms with Crippen LogP contribution in [0.4, 0.5) is 0 Å². The van der Waals surface area contributed by atoms with Gasteiger partial charge in [-0.15, -0.1) is 0 Å². The van der Waals surface area contributed by atoms with Crippen LogP contribution < -0.4 is 10.1 Å². The molecule has 0 spiro atoms. The minimum atomic E-state index is -3.12. The molecule has 1 fully saturated rings. The molecular weight excluding hydrogens is 414 g/mol. The van der Waals surface area contributed by atoms with E-state index in [-0.39, 0.29) is 11.7 Å². The van der Waals surface area contributed by atoms with Crippen LogP contribution in [0, 0.1) is 0 Å². The molecule has 0 aliphatic carbocycles. The second kappa shape index (κ2) is 10.7.